The zero-order valence-corrected chi connectivity index (χ0v) is 25.2. The first-order chi connectivity index (χ1) is 22.7. The Morgan fingerprint density at radius 2 is 1.85 bits per heavy atom. The van der Waals surface area contributed by atoms with E-state index in [1.54, 1.807) is 24.3 Å². The molecule has 0 unspecified atom stereocenters. The number of aliphatic carboxylic acids is 1. The summed E-state index contributed by atoms with van der Waals surface area (Å²) in [7, 11) is 2.86. The van der Waals surface area contributed by atoms with Crippen molar-refractivity contribution in [2.75, 3.05) is 40.6 Å². The van der Waals surface area contributed by atoms with Gasteiger partial charge in [0, 0.05) is 30.8 Å². The van der Waals surface area contributed by atoms with Gasteiger partial charge in [0.05, 0.1) is 12.5 Å². The highest BCUT2D eigenvalue weighted by molar-refractivity contribution is 5.94. The fraction of sp³-hybridized carbons (Fsp3) is 0.483. The van der Waals surface area contributed by atoms with Crippen LogP contribution in [-0.4, -0.2) is 105 Å². The lowest BCUT2D eigenvalue weighted by atomic mass is 9.89. The zero-order valence-electron chi connectivity index (χ0n) is 25.2. The number of hydrogen-bond donors (Lipinski definition) is 6. The molecule has 0 saturated carbocycles. The van der Waals surface area contributed by atoms with Gasteiger partial charge in [-0.05, 0) is 31.3 Å². The molecule has 18 heteroatoms. The number of ether oxygens (including phenoxy) is 6. The number of carbonyl (C=O) groups is 2. The molecule has 0 spiro atoms. The van der Waals surface area contributed by atoms with Gasteiger partial charge in [-0.3, -0.25) is 19.4 Å². The number of nitrogens with one attached hydrogen (secondary N) is 2. The van der Waals surface area contributed by atoms with Gasteiger partial charge in [-0.1, -0.05) is 0 Å². The lowest BCUT2D eigenvalue weighted by Gasteiger charge is -2.40. The molecule has 2 aromatic rings. The first-order valence-corrected chi connectivity index (χ1v) is 14.6. The van der Waals surface area contributed by atoms with Crippen molar-refractivity contribution in [1.82, 2.24) is 10.8 Å². The summed E-state index contributed by atoms with van der Waals surface area (Å²) in [6, 6.07) is 8.60. The van der Waals surface area contributed by atoms with Crippen LogP contribution < -0.4 is 40.4 Å². The van der Waals surface area contributed by atoms with Crippen molar-refractivity contribution >= 4 is 17.9 Å². The Kier molecular flexibility index (Phi) is 9.39. The molecular formula is C29H34N4O14. The molecule has 4 heterocycles. The quantitative estimate of drug-likeness (QED) is 0.0426. The van der Waals surface area contributed by atoms with E-state index < -0.39 is 61.3 Å². The predicted octanol–water partition coefficient (Wildman–Crippen LogP) is -0.920. The van der Waals surface area contributed by atoms with Crippen LogP contribution in [0, 0.1) is 5.92 Å². The van der Waals surface area contributed by atoms with E-state index in [0.717, 1.165) is 5.56 Å². The zero-order chi connectivity index (χ0) is 33.2. The van der Waals surface area contributed by atoms with Gasteiger partial charge >= 0.3 is 11.9 Å². The molecule has 0 radical (unpaired) electrons. The predicted molar refractivity (Wildman–Crippen MR) is 155 cm³/mol. The van der Waals surface area contributed by atoms with E-state index >= 15 is 0 Å². The van der Waals surface area contributed by atoms with E-state index in [1.807, 2.05) is 6.07 Å². The Balaban J connectivity index is 1.14. The smallest absolute Gasteiger partial charge is 0.321 e. The summed E-state index contributed by atoms with van der Waals surface area (Å²) in [4.78, 5) is 44.1. The highest BCUT2D eigenvalue weighted by Crippen LogP contribution is 2.54. The van der Waals surface area contributed by atoms with Crippen molar-refractivity contribution in [3.05, 3.63) is 41.5 Å². The minimum Gasteiger partial charge on any atom is -0.492 e. The average Bonchev–Trinajstić information content (AvgIpc) is 3.68. The number of hydrogen-bond acceptors (Lipinski definition) is 15. The number of carboxylic acids is 1. The van der Waals surface area contributed by atoms with Crippen molar-refractivity contribution < 1.29 is 67.9 Å². The van der Waals surface area contributed by atoms with Gasteiger partial charge in [0.1, 0.15) is 42.5 Å². The normalized spacial score (nSPS) is 27.7. The molecular weight excluding hydrogens is 628 g/mol. The van der Waals surface area contributed by atoms with Gasteiger partial charge in [0.25, 0.3) is 0 Å². The van der Waals surface area contributed by atoms with Gasteiger partial charge in [0.2, 0.25) is 12.8 Å². The van der Waals surface area contributed by atoms with Crippen molar-refractivity contribution in [2.24, 2.45) is 16.6 Å². The summed E-state index contributed by atoms with van der Waals surface area (Å²) in [5.74, 6) is -1.60. The largest absolute Gasteiger partial charge is 0.492 e. The maximum absolute atomic E-state index is 12.4. The van der Waals surface area contributed by atoms with E-state index in [2.05, 4.69) is 15.8 Å². The number of esters is 1. The first kappa shape index (κ1) is 32.4. The van der Waals surface area contributed by atoms with Crippen LogP contribution in [0.5, 0.6) is 28.7 Å². The Bertz CT molecular complexity index is 1520. The van der Waals surface area contributed by atoms with Gasteiger partial charge in [-0.2, -0.15) is 4.89 Å². The Morgan fingerprint density at radius 1 is 1.06 bits per heavy atom. The number of hydroxylamine groups is 1. The molecule has 1 saturated heterocycles. The molecule has 4 aliphatic rings. The van der Waals surface area contributed by atoms with E-state index in [4.69, 9.17) is 48.8 Å². The monoisotopic (exact) mass is 662 g/mol. The molecule has 0 bridgehead atoms. The summed E-state index contributed by atoms with van der Waals surface area (Å²) in [5, 5.41) is 33.8. The highest BCUT2D eigenvalue weighted by Gasteiger charge is 2.49. The third-order valence-electron chi connectivity index (χ3n) is 8.04. The molecule has 18 nitrogen and oxygen atoms in total. The molecule has 4 aliphatic heterocycles. The van der Waals surface area contributed by atoms with Crippen LogP contribution in [0.2, 0.25) is 0 Å². The second-order valence-corrected chi connectivity index (χ2v) is 11.0. The maximum Gasteiger partial charge on any atom is 0.321 e. The SMILES string of the molecule is CN=C(N)NO[C@H]1[C@H](O)[C@@H](COC(=O)[C@@H](CNC)C(=O)O)O[C@@H](O)[C@@H]1OOc1ccc2c(c1)[C@H]1Oc3cc4c(cc3[C@H]1CO2)OCO4. The number of nitrogens with two attached hydrogens (primary N) is 1. The molecule has 254 valence electrons. The van der Waals surface area contributed by atoms with Crippen LogP contribution in [0.25, 0.3) is 0 Å². The molecule has 0 amide bonds. The summed E-state index contributed by atoms with van der Waals surface area (Å²) in [5.41, 5.74) is 9.60. The number of carboxylic acid groups (broad SMARTS) is 1. The molecule has 47 heavy (non-hydrogen) atoms. The number of aliphatic hydroxyl groups excluding tert-OH is 2. The third kappa shape index (κ3) is 6.51. The number of benzene rings is 2. The minimum absolute atomic E-state index is 0.128. The average molecular weight is 663 g/mol. The topological polar surface area (TPSA) is 240 Å². The minimum atomic E-state index is -1.79. The molecule has 1 fully saturated rings. The van der Waals surface area contributed by atoms with Crippen LogP contribution in [-0.2, 0) is 28.8 Å². The maximum atomic E-state index is 12.4. The molecule has 2 aromatic carbocycles. The van der Waals surface area contributed by atoms with Gasteiger partial charge < -0.3 is 59.7 Å². The molecule has 0 aromatic heterocycles. The Hall–Kier alpha value is -4.59. The van der Waals surface area contributed by atoms with Gasteiger partial charge in [-0.25, -0.2) is 5.48 Å². The number of aliphatic hydroxyl groups is 2. The standard InChI is InChI=1S/C29H34N4O14/c1-31-8-15(26(35)36)27(37)40-10-21-22(34)24(45-33-29(30)32-2)25(28(38)44-21)47-46-12-3-4-17-14(5-12)23-16(9-39-17)13-6-19-20(42-11-41-19)7-18(13)43-23/h3-7,15-16,21-25,28,31,34,38H,8-11H2,1-2H3,(H,35,36)(H3,30,32,33)/t15-,16+,21+,22+,23+,24-,25+,28+/m0/s1. The Morgan fingerprint density at radius 3 is 2.60 bits per heavy atom. The summed E-state index contributed by atoms with van der Waals surface area (Å²) >= 11 is 0. The number of rotatable bonds is 11. The van der Waals surface area contributed by atoms with E-state index in [0.29, 0.717) is 35.2 Å². The second kappa shape index (κ2) is 13.6. The Labute approximate surface area is 267 Å². The third-order valence-corrected chi connectivity index (χ3v) is 8.04. The molecule has 6 rings (SSSR count). The molecule has 8 atom stereocenters. The van der Waals surface area contributed by atoms with Crippen molar-refractivity contribution in [2.45, 2.75) is 42.7 Å². The second-order valence-electron chi connectivity index (χ2n) is 11.0. The summed E-state index contributed by atoms with van der Waals surface area (Å²) in [6.07, 6.45) is -8.08. The van der Waals surface area contributed by atoms with Crippen molar-refractivity contribution in [3.63, 3.8) is 0 Å². The van der Waals surface area contributed by atoms with Crippen molar-refractivity contribution in [1.29, 1.82) is 0 Å². The van der Waals surface area contributed by atoms with Crippen LogP contribution in [0.4, 0.5) is 0 Å². The first-order valence-electron chi connectivity index (χ1n) is 14.6. The van der Waals surface area contributed by atoms with Crippen LogP contribution >= 0.6 is 0 Å². The molecule has 0 aliphatic carbocycles. The summed E-state index contributed by atoms with van der Waals surface area (Å²) in [6.45, 7) is -0.287. The number of aliphatic imine (C=N–C) groups is 1. The van der Waals surface area contributed by atoms with E-state index in [9.17, 15) is 24.9 Å². The molecule has 7 N–H and O–H groups in total. The van der Waals surface area contributed by atoms with Crippen molar-refractivity contribution in [3.8, 4) is 28.7 Å². The van der Waals surface area contributed by atoms with Gasteiger partial charge in [-0.15, -0.1) is 0 Å². The fourth-order valence-electron chi connectivity index (χ4n) is 5.59. The number of fused-ring (bicyclic) bond motifs is 6. The number of guanidine groups is 1. The number of nitrogens with zero attached hydrogens (tertiary/aromatic N) is 1. The lowest BCUT2D eigenvalue weighted by molar-refractivity contribution is -0.372. The van der Waals surface area contributed by atoms with Crippen LogP contribution in [0.3, 0.4) is 0 Å². The van der Waals surface area contributed by atoms with Crippen LogP contribution in [0.15, 0.2) is 35.3 Å². The van der Waals surface area contributed by atoms with Crippen LogP contribution in [0.1, 0.15) is 23.1 Å². The van der Waals surface area contributed by atoms with Gasteiger partial charge in [0.15, 0.2) is 35.6 Å². The fourth-order valence-corrected chi connectivity index (χ4v) is 5.59. The lowest BCUT2D eigenvalue weighted by Crippen LogP contribution is -2.62. The number of carbonyl (C=O) groups excluding carboxylic acids is 1. The summed E-state index contributed by atoms with van der Waals surface area (Å²) < 4.78 is 33.8. The highest BCUT2D eigenvalue weighted by atomic mass is 17.2. The van der Waals surface area contributed by atoms with E-state index in [1.165, 1.54) is 14.1 Å². The van der Waals surface area contributed by atoms with E-state index in [-0.39, 0.29) is 31.0 Å².